The van der Waals surface area contributed by atoms with Gasteiger partial charge >= 0.3 is 11.9 Å². The van der Waals surface area contributed by atoms with Crippen LogP contribution in [0.5, 0.6) is 0 Å². The number of anilines is 2. The van der Waals surface area contributed by atoms with Crippen molar-refractivity contribution in [2.45, 2.75) is 0 Å². The maximum Gasteiger partial charge on any atom is 0.335 e. The van der Waals surface area contributed by atoms with Crippen LogP contribution in [0.4, 0.5) is 17.1 Å². The monoisotopic (exact) mass is 475 g/mol. The standard InChI is InChI=1S/C23H13N3O9/c27-19(24-14-8-12(22(30)31)7-13(9-14)23(32)33)11-1-6-17-18(10-11)21(29)25(20(17)28)15-2-4-16(5-3-15)26(34)35/h1-10H,(H,24,27)(H,30,31)(H,32,33). The van der Waals surface area contributed by atoms with E-state index in [1.165, 1.54) is 30.3 Å². The molecule has 1 aliphatic heterocycles. The summed E-state index contributed by atoms with van der Waals surface area (Å²) in [4.78, 5) is 72.0. The number of carboxylic acids is 2. The summed E-state index contributed by atoms with van der Waals surface area (Å²) in [5.41, 5.74) is -1.02. The lowest BCUT2D eigenvalue weighted by Crippen LogP contribution is -2.29. The SMILES string of the molecule is O=C(O)c1cc(NC(=O)c2ccc3c(c2)C(=O)N(c2ccc([N+](=O)[O-])cc2)C3=O)cc(C(=O)O)c1. The van der Waals surface area contributed by atoms with E-state index in [0.717, 1.165) is 35.2 Å². The average Bonchev–Trinajstić information content (AvgIpc) is 3.08. The van der Waals surface area contributed by atoms with Gasteiger partial charge in [-0.2, -0.15) is 0 Å². The molecule has 12 nitrogen and oxygen atoms in total. The molecule has 174 valence electrons. The molecule has 0 saturated carbocycles. The predicted octanol–water partition coefficient (Wildman–Crippen LogP) is 3.04. The number of nitrogens with zero attached hydrogens (tertiary/aromatic N) is 2. The van der Waals surface area contributed by atoms with Crippen molar-refractivity contribution in [1.82, 2.24) is 0 Å². The van der Waals surface area contributed by atoms with Crippen LogP contribution >= 0.6 is 0 Å². The van der Waals surface area contributed by atoms with Crippen LogP contribution in [0.25, 0.3) is 0 Å². The van der Waals surface area contributed by atoms with E-state index in [1.807, 2.05) is 0 Å². The first-order chi connectivity index (χ1) is 16.6. The molecular weight excluding hydrogens is 462 g/mol. The first-order valence-corrected chi connectivity index (χ1v) is 9.77. The van der Waals surface area contributed by atoms with Crippen molar-refractivity contribution in [3.63, 3.8) is 0 Å². The molecule has 1 heterocycles. The number of nitro groups is 1. The molecule has 0 spiro atoms. The summed E-state index contributed by atoms with van der Waals surface area (Å²) in [6, 6.07) is 11.6. The molecule has 3 aromatic rings. The lowest BCUT2D eigenvalue weighted by molar-refractivity contribution is -0.384. The summed E-state index contributed by atoms with van der Waals surface area (Å²) in [7, 11) is 0. The molecule has 3 N–H and O–H groups in total. The first-order valence-electron chi connectivity index (χ1n) is 9.77. The predicted molar refractivity (Wildman–Crippen MR) is 119 cm³/mol. The van der Waals surface area contributed by atoms with Crippen LogP contribution in [-0.2, 0) is 0 Å². The van der Waals surface area contributed by atoms with Gasteiger partial charge in [-0.05, 0) is 48.5 Å². The molecular formula is C23H13N3O9. The zero-order valence-corrected chi connectivity index (χ0v) is 17.4. The van der Waals surface area contributed by atoms with E-state index in [9.17, 15) is 44.3 Å². The minimum Gasteiger partial charge on any atom is -0.478 e. The number of fused-ring (bicyclic) bond motifs is 1. The molecule has 0 fully saturated rings. The van der Waals surface area contributed by atoms with Gasteiger partial charge in [-0.25, -0.2) is 14.5 Å². The maximum absolute atomic E-state index is 12.9. The van der Waals surface area contributed by atoms with Crippen LogP contribution in [0.15, 0.2) is 60.7 Å². The Morgan fingerprint density at radius 1 is 0.771 bits per heavy atom. The smallest absolute Gasteiger partial charge is 0.335 e. The van der Waals surface area contributed by atoms with Gasteiger partial charge in [-0.15, -0.1) is 0 Å². The Bertz CT molecular complexity index is 1430. The third kappa shape index (κ3) is 4.18. The number of carbonyl (C=O) groups excluding carboxylic acids is 3. The summed E-state index contributed by atoms with van der Waals surface area (Å²) in [6.45, 7) is 0. The molecule has 3 amide bonds. The van der Waals surface area contributed by atoms with E-state index in [-0.39, 0.29) is 44.9 Å². The average molecular weight is 475 g/mol. The Labute approximate surface area is 195 Å². The lowest BCUT2D eigenvalue weighted by Gasteiger charge is -2.13. The third-order valence-electron chi connectivity index (χ3n) is 5.15. The molecule has 1 aliphatic rings. The number of nitrogens with one attached hydrogen (secondary N) is 1. The van der Waals surface area contributed by atoms with E-state index < -0.39 is 34.6 Å². The maximum atomic E-state index is 12.9. The van der Waals surface area contributed by atoms with E-state index in [0.29, 0.717) is 0 Å². The van der Waals surface area contributed by atoms with Gasteiger partial charge in [0, 0.05) is 23.4 Å². The Morgan fingerprint density at radius 3 is 1.89 bits per heavy atom. The summed E-state index contributed by atoms with van der Waals surface area (Å²) < 4.78 is 0. The molecule has 0 aliphatic carbocycles. The summed E-state index contributed by atoms with van der Waals surface area (Å²) in [5, 5.41) is 31.6. The van der Waals surface area contributed by atoms with Crippen molar-refractivity contribution in [3.05, 3.63) is 98.6 Å². The number of benzene rings is 3. The van der Waals surface area contributed by atoms with Gasteiger partial charge in [0.2, 0.25) is 0 Å². The molecule has 0 unspecified atom stereocenters. The number of imide groups is 1. The highest BCUT2D eigenvalue weighted by molar-refractivity contribution is 6.34. The van der Waals surface area contributed by atoms with Crippen molar-refractivity contribution in [3.8, 4) is 0 Å². The highest BCUT2D eigenvalue weighted by Gasteiger charge is 2.37. The zero-order chi connectivity index (χ0) is 25.4. The molecule has 0 radical (unpaired) electrons. The van der Waals surface area contributed by atoms with Crippen molar-refractivity contribution in [1.29, 1.82) is 0 Å². The summed E-state index contributed by atoms with van der Waals surface area (Å²) in [5.74, 6) is -4.98. The van der Waals surface area contributed by atoms with Gasteiger partial charge in [0.05, 0.1) is 32.9 Å². The number of rotatable bonds is 6. The highest BCUT2D eigenvalue weighted by atomic mass is 16.6. The molecule has 3 aromatic carbocycles. The van der Waals surface area contributed by atoms with Gasteiger partial charge in [0.15, 0.2) is 0 Å². The van der Waals surface area contributed by atoms with Crippen LogP contribution in [0, 0.1) is 10.1 Å². The minimum absolute atomic E-state index is 0.0194. The van der Waals surface area contributed by atoms with Gasteiger partial charge < -0.3 is 15.5 Å². The Balaban J connectivity index is 1.62. The van der Waals surface area contributed by atoms with Gasteiger partial charge in [-0.3, -0.25) is 24.5 Å². The normalized spacial score (nSPS) is 12.3. The van der Waals surface area contributed by atoms with Gasteiger partial charge in [0.25, 0.3) is 23.4 Å². The topological polar surface area (TPSA) is 184 Å². The first kappa shape index (κ1) is 22.8. The fraction of sp³-hybridized carbons (Fsp3) is 0. The van der Waals surface area contributed by atoms with Crippen LogP contribution in [0.3, 0.4) is 0 Å². The molecule has 0 aromatic heterocycles. The number of carbonyl (C=O) groups is 5. The molecule has 12 heteroatoms. The second-order valence-corrected chi connectivity index (χ2v) is 7.34. The number of non-ortho nitro benzene ring substituents is 1. The fourth-order valence-electron chi connectivity index (χ4n) is 3.49. The van der Waals surface area contributed by atoms with E-state index in [4.69, 9.17) is 0 Å². The number of nitro benzene ring substituents is 1. The van der Waals surface area contributed by atoms with Gasteiger partial charge in [0.1, 0.15) is 0 Å². The van der Waals surface area contributed by atoms with Crippen LogP contribution in [0.2, 0.25) is 0 Å². The molecule has 0 saturated heterocycles. The van der Waals surface area contributed by atoms with E-state index in [2.05, 4.69) is 5.32 Å². The number of hydrogen-bond acceptors (Lipinski definition) is 7. The van der Waals surface area contributed by atoms with Crippen LogP contribution in [-0.4, -0.2) is 44.8 Å². The molecule has 4 rings (SSSR count). The lowest BCUT2D eigenvalue weighted by atomic mass is 10.0. The Morgan fingerprint density at radius 2 is 1.34 bits per heavy atom. The Hall–Kier alpha value is -5.39. The Kier molecular flexibility index (Phi) is 5.54. The second kappa shape index (κ2) is 8.51. The van der Waals surface area contributed by atoms with Crippen molar-refractivity contribution in [2.75, 3.05) is 10.2 Å². The number of amides is 3. The zero-order valence-electron chi connectivity index (χ0n) is 17.4. The second-order valence-electron chi connectivity index (χ2n) is 7.34. The molecule has 0 atom stereocenters. The highest BCUT2D eigenvalue weighted by Crippen LogP contribution is 2.30. The number of hydrogen-bond donors (Lipinski definition) is 3. The third-order valence-corrected chi connectivity index (χ3v) is 5.15. The quantitative estimate of drug-likeness (QED) is 0.274. The minimum atomic E-state index is -1.39. The van der Waals surface area contributed by atoms with Gasteiger partial charge in [-0.1, -0.05) is 0 Å². The van der Waals surface area contributed by atoms with E-state index >= 15 is 0 Å². The molecule has 35 heavy (non-hydrogen) atoms. The van der Waals surface area contributed by atoms with E-state index in [1.54, 1.807) is 0 Å². The number of aromatic carboxylic acids is 2. The van der Waals surface area contributed by atoms with Crippen molar-refractivity contribution in [2.24, 2.45) is 0 Å². The number of carboxylic acid groups (broad SMARTS) is 2. The molecule has 0 bridgehead atoms. The fourth-order valence-corrected chi connectivity index (χ4v) is 3.49. The summed E-state index contributed by atoms with van der Waals surface area (Å²) in [6.07, 6.45) is 0. The summed E-state index contributed by atoms with van der Waals surface area (Å²) >= 11 is 0. The van der Waals surface area contributed by atoms with Crippen LogP contribution in [0.1, 0.15) is 51.8 Å². The largest absolute Gasteiger partial charge is 0.478 e. The van der Waals surface area contributed by atoms with Crippen molar-refractivity contribution < 1.29 is 39.1 Å². The van der Waals surface area contributed by atoms with Crippen LogP contribution < -0.4 is 10.2 Å². The van der Waals surface area contributed by atoms with Crippen molar-refractivity contribution >= 4 is 46.7 Å².